The summed E-state index contributed by atoms with van der Waals surface area (Å²) in [6, 6.07) is 3.32. The summed E-state index contributed by atoms with van der Waals surface area (Å²) in [5, 5.41) is 6.34. The third-order valence-electron chi connectivity index (χ3n) is 3.45. The predicted molar refractivity (Wildman–Crippen MR) is 62.7 cm³/mol. The van der Waals surface area contributed by atoms with Gasteiger partial charge in [-0.25, -0.2) is 0 Å². The van der Waals surface area contributed by atoms with Crippen molar-refractivity contribution in [3.63, 3.8) is 0 Å². The van der Waals surface area contributed by atoms with E-state index in [9.17, 15) is 13.2 Å². The van der Waals surface area contributed by atoms with Gasteiger partial charge in [0.2, 0.25) is 11.7 Å². The standard InChI is InChI=1S/C12H11F3N4O/c13-12(14,15)11(3-5-17-7-11)10-18-9(19-20-10)8-2-1-4-16-6-8/h1-2,4,6,17H,3,5,7H2. The number of aromatic nitrogens is 3. The Morgan fingerprint density at radius 3 is 2.80 bits per heavy atom. The number of nitrogens with zero attached hydrogens (tertiary/aromatic N) is 3. The summed E-state index contributed by atoms with van der Waals surface area (Å²) in [5.74, 6) is -0.280. The fourth-order valence-corrected chi connectivity index (χ4v) is 2.27. The van der Waals surface area contributed by atoms with Crippen molar-refractivity contribution < 1.29 is 17.7 Å². The lowest BCUT2D eigenvalue weighted by Crippen LogP contribution is -2.44. The summed E-state index contributed by atoms with van der Waals surface area (Å²) < 4.78 is 44.9. The van der Waals surface area contributed by atoms with Crippen LogP contribution in [0.1, 0.15) is 12.3 Å². The van der Waals surface area contributed by atoms with E-state index in [0.717, 1.165) is 0 Å². The van der Waals surface area contributed by atoms with Crippen LogP contribution < -0.4 is 5.32 Å². The quantitative estimate of drug-likeness (QED) is 0.912. The maximum atomic E-state index is 13.3. The van der Waals surface area contributed by atoms with Crippen LogP contribution in [-0.2, 0) is 5.41 Å². The lowest BCUT2D eigenvalue weighted by atomic mass is 9.86. The Morgan fingerprint density at radius 1 is 1.35 bits per heavy atom. The zero-order valence-corrected chi connectivity index (χ0v) is 10.3. The van der Waals surface area contributed by atoms with E-state index < -0.39 is 17.5 Å². The Hall–Kier alpha value is -1.96. The lowest BCUT2D eigenvalue weighted by Gasteiger charge is -2.26. The van der Waals surface area contributed by atoms with Crippen molar-refractivity contribution in [3.05, 3.63) is 30.4 Å². The van der Waals surface area contributed by atoms with Gasteiger partial charge in [0.1, 0.15) is 0 Å². The zero-order chi connectivity index (χ0) is 14.2. The molecule has 0 saturated carbocycles. The van der Waals surface area contributed by atoms with Crippen LogP contribution in [0, 0.1) is 0 Å². The first-order chi connectivity index (χ1) is 9.53. The Kier molecular flexibility index (Phi) is 2.97. The highest BCUT2D eigenvalue weighted by molar-refractivity contribution is 5.52. The lowest BCUT2D eigenvalue weighted by molar-refractivity contribution is -0.191. The van der Waals surface area contributed by atoms with Crippen LogP contribution in [0.15, 0.2) is 29.0 Å². The molecule has 1 aliphatic rings. The molecule has 3 heterocycles. The van der Waals surface area contributed by atoms with Crippen molar-refractivity contribution >= 4 is 0 Å². The van der Waals surface area contributed by atoms with Gasteiger partial charge >= 0.3 is 6.18 Å². The van der Waals surface area contributed by atoms with Crippen LogP contribution in [0.25, 0.3) is 11.4 Å². The average molecular weight is 284 g/mol. The van der Waals surface area contributed by atoms with Gasteiger partial charge < -0.3 is 9.84 Å². The van der Waals surface area contributed by atoms with Crippen LogP contribution in [0.5, 0.6) is 0 Å². The molecule has 8 heteroatoms. The number of alkyl halides is 3. The largest absolute Gasteiger partial charge is 0.404 e. The van der Waals surface area contributed by atoms with Gasteiger partial charge in [-0.05, 0) is 25.1 Å². The molecule has 0 radical (unpaired) electrons. The molecule has 0 amide bonds. The minimum absolute atomic E-state index is 0.106. The Labute approximate surface area is 112 Å². The molecule has 5 nitrogen and oxygen atoms in total. The van der Waals surface area contributed by atoms with Crippen molar-refractivity contribution in [3.8, 4) is 11.4 Å². The van der Waals surface area contributed by atoms with Gasteiger partial charge in [-0.2, -0.15) is 18.2 Å². The molecule has 1 aliphatic heterocycles. The number of rotatable bonds is 2. The molecule has 106 valence electrons. The first-order valence-corrected chi connectivity index (χ1v) is 6.05. The summed E-state index contributed by atoms with van der Waals surface area (Å²) in [5.41, 5.74) is -1.58. The molecule has 3 rings (SSSR count). The first-order valence-electron chi connectivity index (χ1n) is 6.05. The van der Waals surface area contributed by atoms with Crippen molar-refractivity contribution in [2.45, 2.75) is 18.0 Å². The molecule has 2 aromatic rings. The summed E-state index contributed by atoms with van der Waals surface area (Å²) in [4.78, 5) is 7.80. The van der Waals surface area contributed by atoms with E-state index in [0.29, 0.717) is 5.56 Å². The summed E-state index contributed by atoms with van der Waals surface area (Å²) in [7, 11) is 0. The Morgan fingerprint density at radius 2 is 2.20 bits per heavy atom. The van der Waals surface area contributed by atoms with E-state index in [1.807, 2.05) is 0 Å². The fourth-order valence-electron chi connectivity index (χ4n) is 2.27. The van der Waals surface area contributed by atoms with E-state index in [1.165, 1.54) is 6.20 Å². The molecule has 1 N–H and O–H groups in total. The molecule has 1 unspecified atom stereocenters. The van der Waals surface area contributed by atoms with Gasteiger partial charge in [0.15, 0.2) is 5.41 Å². The van der Waals surface area contributed by atoms with Gasteiger partial charge in [0.25, 0.3) is 0 Å². The zero-order valence-electron chi connectivity index (χ0n) is 10.3. The first kappa shape index (κ1) is 13.0. The maximum absolute atomic E-state index is 13.3. The van der Waals surface area contributed by atoms with Gasteiger partial charge in [0, 0.05) is 24.5 Å². The molecule has 0 aliphatic carbocycles. The van der Waals surface area contributed by atoms with Gasteiger partial charge in [-0.3, -0.25) is 4.98 Å². The highest BCUT2D eigenvalue weighted by Crippen LogP contribution is 2.44. The van der Waals surface area contributed by atoms with Crippen LogP contribution >= 0.6 is 0 Å². The van der Waals surface area contributed by atoms with Gasteiger partial charge in [0.05, 0.1) is 0 Å². The van der Waals surface area contributed by atoms with Crippen LogP contribution in [-0.4, -0.2) is 34.4 Å². The van der Waals surface area contributed by atoms with Crippen molar-refractivity contribution in [1.29, 1.82) is 0 Å². The highest BCUT2D eigenvalue weighted by Gasteiger charge is 2.61. The molecule has 1 saturated heterocycles. The number of hydrogen-bond acceptors (Lipinski definition) is 5. The summed E-state index contributed by atoms with van der Waals surface area (Å²) >= 11 is 0. The molecule has 0 bridgehead atoms. The monoisotopic (exact) mass is 284 g/mol. The summed E-state index contributed by atoms with van der Waals surface area (Å²) in [6.07, 6.45) is -1.51. The Bertz CT molecular complexity index is 590. The number of halogens is 3. The topological polar surface area (TPSA) is 63.8 Å². The molecule has 0 aromatic carbocycles. The smallest absolute Gasteiger partial charge is 0.338 e. The third-order valence-corrected chi connectivity index (χ3v) is 3.45. The second kappa shape index (κ2) is 4.55. The SMILES string of the molecule is FC(F)(F)C1(c2nc(-c3cccnc3)no2)CCNC1. The van der Waals surface area contributed by atoms with E-state index in [2.05, 4.69) is 20.4 Å². The Balaban J connectivity index is 2.01. The molecule has 0 spiro atoms. The van der Waals surface area contributed by atoms with E-state index in [4.69, 9.17) is 4.52 Å². The van der Waals surface area contributed by atoms with Gasteiger partial charge in [-0.1, -0.05) is 5.16 Å². The van der Waals surface area contributed by atoms with E-state index >= 15 is 0 Å². The second-order valence-electron chi connectivity index (χ2n) is 4.67. The molecule has 20 heavy (non-hydrogen) atoms. The van der Waals surface area contributed by atoms with Gasteiger partial charge in [-0.15, -0.1) is 0 Å². The molecule has 1 atom stereocenters. The highest BCUT2D eigenvalue weighted by atomic mass is 19.4. The molecular formula is C12H11F3N4O. The van der Waals surface area contributed by atoms with Crippen LogP contribution in [0.4, 0.5) is 13.2 Å². The third kappa shape index (κ3) is 1.96. The van der Waals surface area contributed by atoms with Crippen LogP contribution in [0.3, 0.4) is 0 Å². The van der Waals surface area contributed by atoms with E-state index in [1.54, 1.807) is 18.3 Å². The van der Waals surface area contributed by atoms with Crippen molar-refractivity contribution in [1.82, 2.24) is 20.4 Å². The van der Waals surface area contributed by atoms with E-state index in [-0.39, 0.29) is 25.3 Å². The van der Waals surface area contributed by atoms with Crippen molar-refractivity contribution in [2.24, 2.45) is 0 Å². The number of nitrogens with one attached hydrogen (secondary N) is 1. The second-order valence-corrected chi connectivity index (χ2v) is 4.67. The minimum atomic E-state index is -4.44. The molecule has 2 aromatic heterocycles. The molecule has 1 fully saturated rings. The minimum Gasteiger partial charge on any atom is -0.338 e. The summed E-state index contributed by atoms with van der Waals surface area (Å²) in [6.45, 7) is 0.0231. The fraction of sp³-hybridized carbons (Fsp3) is 0.417. The van der Waals surface area contributed by atoms with Crippen LogP contribution in [0.2, 0.25) is 0 Å². The number of pyridine rings is 1. The average Bonchev–Trinajstić information content (AvgIpc) is 3.09. The molecular weight excluding hydrogens is 273 g/mol. The maximum Gasteiger partial charge on any atom is 0.404 e. The number of hydrogen-bond donors (Lipinski definition) is 1. The predicted octanol–water partition coefficient (Wildman–Crippen LogP) is 1.92. The van der Waals surface area contributed by atoms with Crippen molar-refractivity contribution in [2.75, 3.05) is 13.1 Å². The normalized spacial score (nSPS) is 23.1.